The fraction of sp³-hybridized carbons (Fsp3) is 0.261. The fourth-order valence-corrected chi connectivity index (χ4v) is 4.79. The molecule has 0 unspecified atom stereocenters. The number of hydrogen-bond acceptors (Lipinski definition) is 5. The van der Waals surface area contributed by atoms with E-state index in [9.17, 15) is 26.4 Å². The predicted molar refractivity (Wildman–Crippen MR) is 120 cm³/mol. The molecule has 1 heterocycles. The number of ether oxygens (including phenoxy) is 1. The van der Waals surface area contributed by atoms with E-state index in [1.165, 1.54) is 53.9 Å². The standard InChI is InChI=1S/C23H23F3N2O5S/c1-4-28(5-2)34(30,31)17-9-10-20(32-3)18(14-17)27-22(29)21-12-11-19(33-21)15-7-6-8-16(13-15)23(24,25)26/h6-14H,4-5H2,1-3H3,(H,27,29). The number of furan rings is 1. The summed E-state index contributed by atoms with van der Waals surface area (Å²) >= 11 is 0. The van der Waals surface area contributed by atoms with E-state index in [4.69, 9.17) is 9.15 Å². The molecule has 11 heteroatoms. The Morgan fingerprint density at radius 1 is 1.06 bits per heavy atom. The van der Waals surface area contributed by atoms with Crippen molar-refractivity contribution in [2.75, 3.05) is 25.5 Å². The Balaban J connectivity index is 1.89. The molecule has 3 rings (SSSR count). The zero-order valence-electron chi connectivity index (χ0n) is 18.6. The molecule has 0 aliphatic heterocycles. The molecule has 0 fully saturated rings. The van der Waals surface area contributed by atoms with Crippen molar-refractivity contribution in [2.24, 2.45) is 0 Å². The summed E-state index contributed by atoms with van der Waals surface area (Å²) in [7, 11) is -2.42. The van der Waals surface area contributed by atoms with Gasteiger partial charge < -0.3 is 14.5 Å². The van der Waals surface area contributed by atoms with Crippen LogP contribution in [0.4, 0.5) is 18.9 Å². The maximum Gasteiger partial charge on any atom is 0.416 e. The largest absolute Gasteiger partial charge is 0.495 e. The predicted octanol–water partition coefficient (Wildman–Crippen LogP) is 5.26. The van der Waals surface area contributed by atoms with Crippen LogP contribution >= 0.6 is 0 Å². The zero-order valence-corrected chi connectivity index (χ0v) is 19.5. The maximum absolute atomic E-state index is 13.0. The third kappa shape index (κ3) is 5.26. The molecule has 7 nitrogen and oxygen atoms in total. The van der Waals surface area contributed by atoms with E-state index in [1.54, 1.807) is 13.8 Å². The number of alkyl halides is 3. The molecule has 1 amide bonds. The van der Waals surface area contributed by atoms with Crippen LogP contribution in [0.1, 0.15) is 30.0 Å². The second-order valence-corrected chi connectivity index (χ2v) is 9.09. The molecule has 0 bridgehead atoms. The van der Waals surface area contributed by atoms with Gasteiger partial charge in [-0.2, -0.15) is 17.5 Å². The molecule has 0 radical (unpaired) electrons. The van der Waals surface area contributed by atoms with E-state index in [-0.39, 0.29) is 46.5 Å². The first kappa shape index (κ1) is 25.3. The third-order valence-electron chi connectivity index (χ3n) is 5.07. The van der Waals surface area contributed by atoms with Crippen molar-refractivity contribution in [3.05, 3.63) is 65.9 Å². The highest BCUT2D eigenvalue weighted by molar-refractivity contribution is 7.89. The van der Waals surface area contributed by atoms with Crippen LogP contribution in [-0.2, 0) is 16.2 Å². The van der Waals surface area contributed by atoms with E-state index in [2.05, 4.69) is 5.32 Å². The number of carbonyl (C=O) groups excluding carboxylic acids is 1. The van der Waals surface area contributed by atoms with Crippen LogP contribution in [0.3, 0.4) is 0 Å². The molecule has 0 saturated carbocycles. The summed E-state index contributed by atoms with van der Waals surface area (Å²) in [6.45, 7) is 3.98. The first-order chi connectivity index (χ1) is 16.0. The number of methoxy groups -OCH3 is 1. The Hall–Kier alpha value is -3.31. The topological polar surface area (TPSA) is 88.9 Å². The molecule has 0 aliphatic rings. The zero-order chi connectivity index (χ0) is 25.1. The second-order valence-electron chi connectivity index (χ2n) is 7.15. The lowest BCUT2D eigenvalue weighted by Crippen LogP contribution is -2.30. The van der Waals surface area contributed by atoms with Gasteiger partial charge in [-0.25, -0.2) is 8.42 Å². The number of nitrogens with one attached hydrogen (secondary N) is 1. The summed E-state index contributed by atoms with van der Waals surface area (Å²) < 4.78 is 76.6. The third-order valence-corrected chi connectivity index (χ3v) is 7.11. The number of hydrogen-bond donors (Lipinski definition) is 1. The van der Waals surface area contributed by atoms with Crippen LogP contribution < -0.4 is 10.1 Å². The molecule has 1 aromatic heterocycles. The molecule has 0 spiro atoms. The highest BCUT2D eigenvalue weighted by Gasteiger charge is 2.31. The summed E-state index contributed by atoms with van der Waals surface area (Å²) in [6.07, 6.45) is -4.52. The van der Waals surface area contributed by atoms with Crippen molar-refractivity contribution in [1.82, 2.24) is 4.31 Å². The lowest BCUT2D eigenvalue weighted by Gasteiger charge is -2.19. The van der Waals surface area contributed by atoms with Gasteiger partial charge in [0, 0.05) is 18.7 Å². The van der Waals surface area contributed by atoms with E-state index in [1.807, 2.05) is 0 Å². The monoisotopic (exact) mass is 496 g/mol. The minimum atomic E-state index is -4.52. The Morgan fingerprint density at radius 2 is 1.76 bits per heavy atom. The summed E-state index contributed by atoms with van der Waals surface area (Å²) in [6, 6.07) is 11.3. The summed E-state index contributed by atoms with van der Waals surface area (Å²) in [5.41, 5.74) is -0.597. The molecule has 1 N–H and O–H groups in total. The van der Waals surface area contributed by atoms with Crippen LogP contribution in [0, 0.1) is 0 Å². The van der Waals surface area contributed by atoms with Crippen molar-refractivity contribution in [3.8, 4) is 17.1 Å². The summed E-state index contributed by atoms with van der Waals surface area (Å²) in [4.78, 5) is 12.7. The average Bonchev–Trinajstić information content (AvgIpc) is 3.30. The van der Waals surface area contributed by atoms with E-state index in [0.717, 1.165) is 12.1 Å². The maximum atomic E-state index is 13.0. The first-order valence-corrected chi connectivity index (χ1v) is 11.7. The van der Waals surface area contributed by atoms with Crippen LogP contribution in [0.5, 0.6) is 5.75 Å². The molecular weight excluding hydrogens is 473 g/mol. The molecule has 34 heavy (non-hydrogen) atoms. The highest BCUT2D eigenvalue weighted by atomic mass is 32.2. The number of benzene rings is 2. The second kappa shape index (κ2) is 9.90. The number of anilines is 1. The van der Waals surface area contributed by atoms with Crippen LogP contribution in [-0.4, -0.2) is 38.8 Å². The van der Waals surface area contributed by atoms with Crippen molar-refractivity contribution in [1.29, 1.82) is 0 Å². The quantitative estimate of drug-likeness (QED) is 0.460. The smallest absolute Gasteiger partial charge is 0.416 e. The molecule has 2 aromatic carbocycles. The SMILES string of the molecule is CCN(CC)S(=O)(=O)c1ccc(OC)c(NC(=O)c2ccc(-c3cccc(C(F)(F)F)c3)o2)c1. The van der Waals surface area contributed by atoms with E-state index in [0.29, 0.717) is 0 Å². The van der Waals surface area contributed by atoms with Crippen LogP contribution in [0.15, 0.2) is 63.9 Å². The van der Waals surface area contributed by atoms with Crippen molar-refractivity contribution in [2.45, 2.75) is 24.9 Å². The Morgan fingerprint density at radius 3 is 2.38 bits per heavy atom. The Labute approximate surface area is 195 Å². The number of nitrogens with zero attached hydrogens (tertiary/aromatic N) is 1. The Bertz CT molecular complexity index is 1280. The normalized spacial score (nSPS) is 12.1. The number of carbonyl (C=O) groups is 1. The van der Waals surface area contributed by atoms with Crippen LogP contribution in [0.25, 0.3) is 11.3 Å². The molecule has 3 aromatic rings. The van der Waals surface area contributed by atoms with Gasteiger partial charge >= 0.3 is 6.18 Å². The number of rotatable bonds is 8. The van der Waals surface area contributed by atoms with Gasteiger partial charge in [0.1, 0.15) is 11.5 Å². The van der Waals surface area contributed by atoms with E-state index < -0.39 is 27.7 Å². The van der Waals surface area contributed by atoms with Gasteiger partial charge in [0.15, 0.2) is 5.76 Å². The summed E-state index contributed by atoms with van der Waals surface area (Å²) in [5, 5.41) is 2.54. The van der Waals surface area contributed by atoms with Gasteiger partial charge in [0.05, 0.1) is 23.3 Å². The van der Waals surface area contributed by atoms with Crippen LogP contribution in [0.2, 0.25) is 0 Å². The van der Waals surface area contributed by atoms with Gasteiger partial charge in [-0.15, -0.1) is 0 Å². The number of sulfonamides is 1. The van der Waals surface area contributed by atoms with Gasteiger partial charge in [0.2, 0.25) is 10.0 Å². The molecule has 0 atom stereocenters. The van der Waals surface area contributed by atoms with Crippen molar-refractivity contribution in [3.63, 3.8) is 0 Å². The summed E-state index contributed by atoms with van der Waals surface area (Å²) in [5.74, 6) is -0.613. The number of amides is 1. The van der Waals surface area contributed by atoms with Crippen molar-refractivity contribution < 1.29 is 35.5 Å². The van der Waals surface area contributed by atoms with E-state index >= 15 is 0 Å². The van der Waals surface area contributed by atoms with Gasteiger partial charge in [0.25, 0.3) is 5.91 Å². The lowest BCUT2D eigenvalue weighted by molar-refractivity contribution is -0.137. The minimum absolute atomic E-state index is 0.0311. The average molecular weight is 497 g/mol. The minimum Gasteiger partial charge on any atom is -0.495 e. The highest BCUT2D eigenvalue weighted by Crippen LogP contribution is 2.33. The molecule has 0 saturated heterocycles. The fourth-order valence-electron chi connectivity index (χ4n) is 3.31. The van der Waals surface area contributed by atoms with Gasteiger partial charge in [-0.1, -0.05) is 26.0 Å². The Kier molecular flexibility index (Phi) is 7.37. The van der Waals surface area contributed by atoms with Crippen molar-refractivity contribution >= 4 is 21.6 Å². The molecule has 0 aliphatic carbocycles. The molecule has 182 valence electrons. The van der Waals surface area contributed by atoms with Gasteiger partial charge in [-0.05, 0) is 42.5 Å². The lowest BCUT2D eigenvalue weighted by atomic mass is 10.1. The number of halogens is 3. The van der Waals surface area contributed by atoms with Gasteiger partial charge in [-0.3, -0.25) is 4.79 Å². The molecular formula is C23H23F3N2O5S. The first-order valence-electron chi connectivity index (χ1n) is 10.3.